The largest absolute Gasteiger partial charge is 0.395 e. The van der Waals surface area contributed by atoms with Gasteiger partial charge in [-0.1, -0.05) is 12.1 Å². The first-order valence-corrected chi connectivity index (χ1v) is 5.99. The van der Waals surface area contributed by atoms with Crippen LogP contribution in [0.2, 0.25) is 0 Å². The van der Waals surface area contributed by atoms with Crippen LogP contribution in [-0.4, -0.2) is 42.4 Å². The highest BCUT2D eigenvalue weighted by Gasteiger charge is 2.23. The van der Waals surface area contributed by atoms with Crippen LogP contribution in [0.4, 0.5) is 5.69 Å². The van der Waals surface area contributed by atoms with Gasteiger partial charge < -0.3 is 20.4 Å². The number of aliphatic hydroxyl groups excluding tert-OH is 2. The van der Waals surface area contributed by atoms with Crippen LogP contribution in [0.3, 0.4) is 0 Å². The number of hydrogen-bond acceptors (Lipinski definition) is 4. The van der Waals surface area contributed by atoms with Crippen molar-refractivity contribution >= 4 is 11.6 Å². The van der Waals surface area contributed by atoms with Crippen LogP contribution >= 0.6 is 0 Å². The fraction of sp³-hybridized carbons (Fsp3) is 0.462. The third-order valence-electron chi connectivity index (χ3n) is 3.26. The lowest BCUT2D eigenvalue weighted by Crippen LogP contribution is -2.35. The van der Waals surface area contributed by atoms with E-state index in [1.165, 1.54) is 0 Å². The molecular weight excluding hydrogens is 232 g/mol. The van der Waals surface area contributed by atoms with Gasteiger partial charge >= 0.3 is 0 Å². The van der Waals surface area contributed by atoms with Crippen LogP contribution in [-0.2, 0) is 17.8 Å². The summed E-state index contributed by atoms with van der Waals surface area (Å²) in [5.74, 6) is 0.110. The average Bonchev–Trinajstić information content (AvgIpc) is 2.66. The summed E-state index contributed by atoms with van der Waals surface area (Å²) in [6.07, 6.45) is 0.448. The van der Waals surface area contributed by atoms with Crippen molar-refractivity contribution in [2.75, 3.05) is 25.2 Å². The maximum atomic E-state index is 11.5. The molecule has 0 saturated carbocycles. The highest BCUT2D eigenvalue weighted by molar-refractivity contribution is 6.00. The zero-order chi connectivity index (χ0) is 13.1. The van der Waals surface area contributed by atoms with Gasteiger partial charge in [0.2, 0.25) is 5.91 Å². The summed E-state index contributed by atoms with van der Waals surface area (Å²) in [5.41, 5.74) is 3.04. The van der Waals surface area contributed by atoms with Gasteiger partial charge in [-0.15, -0.1) is 0 Å². The predicted molar refractivity (Wildman–Crippen MR) is 68.4 cm³/mol. The SMILES string of the molecule is CN1C(=O)Cc2cc(CNC(CO)CO)ccc21. The van der Waals surface area contributed by atoms with Crippen molar-refractivity contribution in [2.24, 2.45) is 0 Å². The van der Waals surface area contributed by atoms with Crippen molar-refractivity contribution in [1.29, 1.82) is 0 Å². The lowest BCUT2D eigenvalue weighted by Gasteiger charge is -2.14. The second kappa shape index (κ2) is 5.48. The zero-order valence-corrected chi connectivity index (χ0v) is 10.4. The molecule has 1 aliphatic rings. The fourth-order valence-electron chi connectivity index (χ4n) is 2.08. The molecule has 1 heterocycles. The van der Waals surface area contributed by atoms with E-state index in [1.807, 2.05) is 18.2 Å². The molecule has 0 radical (unpaired) electrons. The molecule has 0 unspecified atom stereocenters. The van der Waals surface area contributed by atoms with Gasteiger partial charge in [-0.3, -0.25) is 4.79 Å². The van der Waals surface area contributed by atoms with E-state index in [2.05, 4.69) is 5.32 Å². The number of amides is 1. The van der Waals surface area contributed by atoms with E-state index in [-0.39, 0.29) is 25.2 Å². The Morgan fingerprint density at radius 1 is 1.39 bits per heavy atom. The molecule has 98 valence electrons. The second-order valence-corrected chi connectivity index (χ2v) is 4.54. The minimum Gasteiger partial charge on any atom is -0.395 e. The number of fused-ring (bicyclic) bond motifs is 1. The number of nitrogens with one attached hydrogen (secondary N) is 1. The van der Waals surface area contributed by atoms with E-state index in [0.717, 1.165) is 16.8 Å². The van der Waals surface area contributed by atoms with Crippen molar-refractivity contribution in [3.05, 3.63) is 29.3 Å². The Labute approximate surface area is 106 Å². The lowest BCUT2D eigenvalue weighted by molar-refractivity contribution is -0.117. The van der Waals surface area contributed by atoms with E-state index >= 15 is 0 Å². The zero-order valence-electron chi connectivity index (χ0n) is 10.4. The Bertz CT molecular complexity index is 444. The molecule has 0 bridgehead atoms. The molecule has 0 fully saturated rings. The van der Waals surface area contributed by atoms with E-state index in [9.17, 15) is 4.79 Å². The van der Waals surface area contributed by atoms with Crippen LogP contribution in [0.15, 0.2) is 18.2 Å². The molecule has 0 aliphatic carbocycles. The van der Waals surface area contributed by atoms with Crippen molar-refractivity contribution < 1.29 is 15.0 Å². The third-order valence-corrected chi connectivity index (χ3v) is 3.26. The fourth-order valence-corrected chi connectivity index (χ4v) is 2.08. The van der Waals surface area contributed by atoms with E-state index in [4.69, 9.17) is 10.2 Å². The van der Waals surface area contributed by atoms with Gasteiger partial charge in [0.05, 0.1) is 25.7 Å². The highest BCUT2D eigenvalue weighted by atomic mass is 16.3. The maximum absolute atomic E-state index is 11.5. The molecule has 3 N–H and O–H groups in total. The topological polar surface area (TPSA) is 72.8 Å². The molecule has 18 heavy (non-hydrogen) atoms. The standard InChI is InChI=1S/C13H18N2O3/c1-15-12-3-2-9(4-10(12)5-13(15)18)6-14-11(7-16)8-17/h2-4,11,14,16-17H,5-8H2,1H3. The van der Waals surface area contributed by atoms with Gasteiger partial charge in [0.15, 0.2) is 0 Å². The van der Waals surface area contributed by atoms with Gasteiger partial charge in [-0.25, -0.2) is 0 Å². The summed E-state index contributed by atoms with van der Waals surface area (Å²) in [7, 11) is 1.78. The second-order valence-electron chi connectivity index (χ2n) is 4.54. The molecule has 0 aromatic heterocycles. The van der Waals surface area contributed by atoms with Crippen LogP contribution in [0.25, 0.3) is 0 Å². The van der Waals surface area contributed by atoms with E-state index in [0.29, 0.717) is 13.0 Å². The summed E-state index contributed by atoms with van der Waals surface area (Å²) >= 11 is 0. The predicted octanol–water partition coefficient (Wildman–Crippen LogP) is -0.352. The molecule has 5 nitrogen and oxygen atoms in total. The number of aliphatic hydroxyl groups is 2. The van der Waals surface area contributed by atoms with Crippen LogP contribution in [0.5, 0.6) is 0 Å². The molecule has 1 aliphatic heterocycles. The Balaban J connectivity index is 2.05. The van der Waals surface area contributed by atoms with Crippen molar-refractivity contribution in [2.45, 2.75) is 19.0 Å². The Hall–Kier alpha value is -1.43. The molecular formula is C13H18N2O3. The molecule has 1 aromatic rings. The minimum atomic E-state index is -0.303. The van der Waals surface area contributed by atoms with Crippen molar-refractivity contribution in [3.8, 4) is 0 Å². The maximum Gasteiger partial charge on any atom is 0.231 e. The molecule has 0 saturated heterocycles. The van der Waals surface area contributed by atoms with E-state index < -0.39 is 0 Å². The van der Waals surface area contributed by atoms with Crippen molar-refractivity contribution in [1.82, 2.24) is 5.32 Å². The summed E-state index contributed by atoms with van der Waals surface area (Å²) in [6.45, 7) is 0.377. The highest BCUT2D eigenvalue weighted by Crippen LogP contribution is 2.28. The van der Waals surface area contributed by atoms with Gasteiger partial charge in [-0.05, 0) is 17.2 Å². The molecule has 1 aromatic carbocycles. The van der Waals surface area contributed by atoms with Crippen LogP contribution < -0.4 is 10.2 Å². The summed E-state index contributed by atoms with van der Waals surface area (Å²) < 4.78 is 0. The number of anilines is 1. The molecule has 2 rings (SSSR count). The number of likely N-dealkylation sites (N-methyl/N-ethyl adjacent to an activating group) is 1. The first-order chi connectivity index (χ1) is 8.65. The molecule has 0 spiro atoms. The summed E-state index contributed by atoms with van der Waals surface area (Å²) in [5, 5.41) is 21.0. The van der Waals surface area contributed by atoms with E-state index in [1.54, 1.807) is 11.9 Å². The molecule has 1 amide bonds. The monoisotopic (exact) mass is 250 g/mol. The first-order valence-electron chi connectivity index (χ1n) is 5.99. The number of carbonyl (C=O) groups excluding carboxylic acids is 1. The molecule has 0 atom stereocenters. The molecule has 5 heteroatoms. The Morgan fingerprint density at radius 2 is 2.11 bits per heavy atom. The number of nitrogens with zero attached hydrogens (tertiary/aromatic N) is 1. The smallest absolute Gasteiger partial charge is 0.231 e. The summed E-state index contributed by atoms with van der Waals surface area (Å²) in [6, 6.07) is 5.58. The van der Waals surface area contributed by atoms with Gasteiger partial charge in [-0.2, -0.15) is 0 Å². The number of carbonyl (C=O) groups is 1. The van der Waals surface area contributed by atoms with Gasteiger partial charge in [0.1, 0.15) is 0 Å². The number of rotatable bonds is 5. The number of hydrogen-bond donors (Lipinski definition) is 3. The van der Waals surface area contributed by atoms with Gasteiger partial charge in [0.25, 0.3) is 0 Å². The summed E-state index contributed by atoms with van der Waals surface area (Å²) in [4.78, 5) is 13.2. The minimum absolute atomic E-state index is 0.0946. The van der Waals surface area contributed by atoms with Gasteiger partial charge in [0, 0.05) is 19.3 Å². The quantitative estimate of drug-likeness (QED) is 0.668. The third kappa shape index (κ3) is 2.53. The normalized spacial score (nSPS) is 14.4. The number of benzene rings is 1. The lowest BCUT2D eigenvalue weighted by atomic mass is 10.1. The van der Waals surface area contributed by atoms with Crippen molar-refractivity contribution in [3.63, 3.8) is 0 Å². The Morgan fingerprint density at radius 3 is 2.78 bits per heavy atom. The average molecular weight is 250 g/mol. The van der Waals surface area contributed by atoms with Crippen LogP contribution in [0.1, 0.15) is 11.1 Å². The van der Waals surface area contributed by atoms with Crippen LogP contribution in [0, 0.1) is 0 Å². The Kier molecular flexibility index (Phi) is 3.96. The first kappa shape index (κ1) is 13.0.